The molecule has 0 spiro atoms. The molecular formula is C12H8BrN5O2. The highest BCUT2D eigenvalue weighted by Crippen LogP contribution is 2.28. The molecule has 7 nitrogen and oxygen atoms in total. The van der Waals surface area contributed by atoms with Crippen LogP contribution in [0.1, 0.15) is 0 Å². The van der Waals surface area contributed by atoms with Crippen LogP contribution in [0.5, 0.6) is 0 Å². The van der Waals surface area contributed by atoms with Gasteiger partial charge in [0.05, 0.1) is 10.3 Å². The van der Waals surface area contributed by atoms with Crippen molar-refractivity contribution in [3.63, 3.8) is 0 Å². The molecule has 20 heavy (non-hydrogen) atoms. The van der Waals surface area contributed by atoms with Crippen LogP contribution in [0.15, 0.2) is 41.0 Å². The molecule has 0 saturated heterocycles. The zero-order valence-corrected chi connectivity index (χ0v) is 11.6. The summed E-state index contributed by atoms with van der Waals surface area (Å²) < 4.78 is 2.15. The van der Waals surface area contributed by atoms with E-state index >= 15 is 0 Å². The highest BCUT2D eigenvalue weighted by atomic mass is 79.9. The van der Waals surface area contributed by atoms with E-state index in [1.807, 2.05) is 0 Å². The van der Waals surface area contributed by atoms with Gasteiger partial charge < -0.3 is 5.73 Å². The lowest BCUT2D eigenvalue weighted by Gasteiger charge is -2.03. The average molecular weight is 334 g/mol. The minimum Gasteiger partial charge on any atom is -0.382 e. The van der Waals surface area contributed by atoms with Gasteiger partial charge in [-0.05, 0) is 28.1 Å². The van der Waals surface area contributed by atoms with E-state index in [0.717, 1.165) is 4.47 Å². The maximum Gasteiger partial charge on any atom is 0.294 e. The number of rotatable bonds is 2. The summed E-state index contributed by atoms with van der Waals surface area (Å²) in [5.74, 6) is 0.270. The molecule has 0 aliphatic heterocycles. The topological polar surface area (TPSA) is 99.9 Å². The number of para-hydroxylation sites is 2. The van der Waals surface area contributed by atoms with E-state index in [4.69, 9.17) is 5.73 Å². The number of fused-ring (bicyclic) bond motifs is 1. The largest absolute Gasteiger partial charge is 0.382 e. The molecule has 0 unspecified atom stereocenters. The number of nitrogens with zero attached hydrogens (tertiary/aromatic N) is 4. The first-order valence-corrected chi connectivity index (χ1v) is 6.41. The lowest BCUT2D eigenvalue weighted by molar-refractivity contribution is -0.384. The van der Waals surface area contributed by atoms with Crippen molar-refractivity contribution in [1.82, 2.24) is 14.8 Å². The van der Waals surface area contributed by atoms with E-state index in [1.165, 1.54) is 10.7 Å². The Balaban J connectivity index is 2.34. The van der Waals surface area contributed by atoms with Gasteiger partial charge in [-0.2, -0.15) is 0 Å². The molecular weight excluding hydrogens is 326 g/mol. The van der Waals surface area contributed by atoms with Crippen molar-refractivity contribution in [1.29, 1.82) is 0 Å². The molecule has 2 N–H and O–H groups in total. The zero-order chi connectivity index (χ0) is 14.3. The molecule has 0 amide bonds. The Labute approximate surface area is 121 Å². The van der Waals surface area contributed by atoms with Gasteiger partial charge >= 0.3 is 0 Å². The van der Waals surface area contributed by atoms with E-state index in [9.17, 15) is 10.1 Å². The van der Waals surface area contributed by atoms with Crippen LogP contribution < -0.4 is 5.73 Å². The van der Waals surface area contributed by atoms with Crippen LogP contribution in [-0.2, 0) is 0 Å². The number of halogens is 1. The molecule has 0 aliphatic rings. The van der Waals surface area contributed by atoms with Crippen LogP contribution in [0.4, 0.5) is 11.5 Å². The minimum atomic E-state index is -0.460. The Hall–Kier alpha value is -2.48. The third kappa shape index (κ3) is 1.90. The second-order valence-electron chi connectivity index (χ2n) is 4.07. The summed E-state index contributed by atoms with van der Waals surface area (Å²) in [6.45, 7) is 0. The van der Waals surface area contributed by atoms with E-state index in [2.05, 4.69) is 26.0 Å². The molecule has 0 atom stereocenters. The maximum atomic E-state index is 11.1. The van der Waals surface area contributed by atoms with Crippen molar-refractivity contribution in [2.45, 2.75) is 0 Å². The van der Waals surface area contributed by atoms with Crippen LogP contribution >= 0.6 is 15.9 Å². The third-order valence-electron chi connectivity index (χ3n) is 2.82. The average Bonchev–Trinajstić information content (AvgIpc) is 2.75. The van der Waals surface area contributed by atoms with Crippen molar-refractivity contribution >= 4 is 38.5 Å². The Morgan fingerprint density at radius 1 is 1.35 bits per heavy atom. The maximum absolute atomic E-state index is 11.1. The van der Waals surface area contributed by atoms with Crippen molar-refractivity contribution in [2.24, 2.45) is 0 Å². The normalized spacial score (nSPS) is 10.8. The number of nitro groups is 1. The number of anilines is 1. The molecule has 0 radical (unpaired) electrons. The van der Waals surface area contributed by atoms with Gasteiger partial charge in [-0.15, -0.1) is 5.10 Å². The first-order chi connectivity index (χ1) is 9.58. The number of hydrogen-bond acceptors (Lipinski definition) is 5. The zero-order valence-electron chi connectivity index (χ0n) is 10.0. The molecule has 0 aliphatic carbocycles. The van der Waals surface area contributed by atoms with E-state index < -0.39 is 4.92 Å². The van der Waals surface area contributed by atoms with Crippen molar-refractivity contribution in [3.8, 4) is 5.69 Å². The summed E-state index contributed by atoms with van der Waals surface area (Å²) in [6, 6.07) is 8.09. The summed E-state index contributed by atoms with van der Waals surface area (Å²) in [5.41, 5.74) is 6.59. The number of nitrogens with two attached hydrogens (primary N) is 1. The predicted octanol–water partition coefficient (Wildman–Crippen LogP) is 2.67. The van der Waals surface area contributed by atoms with Gasteiger partial charge in [0.15, 0.2) is 11.5 Å². The SMILES string of the molecule is Nc1nn(-c2ccccc2[N+](=O)[O-])c2ncc(Br)cc12. The lowest BCUT2D eigenvalue weighted by Crippen LogP contribution is -2.02. The van der Waals surface area contributed by atoms with Gasteiger partial charge in [-0.25, -0.2) is 9.67 Å². The quantitative estimate of drug-likeness (QED) is 0.574. The molecule has 2 heterocycles. The number of pyridine rings is 1. The molecule has 0 bridgehead atoms. The van der Waals surface area contributed by atoms with Crippen LogP contribution in [0.3, 0.4) is 0 Å². The highest BCUT2D eigenvalue weighted by molar-refractivity contribution is 9.10. The van der Waals surface area contributed by atoms with Crippen molar-refractivity contribution in [3.05, 3.63) is 51.1 Å². The number of benzene rings is 1. The van der Waals surface area contributed by atoms with Gasteiger partial charge in [0.2, 0.25) is 0 Å². The lowest BCUT2D eigenvalue weighted by atomic mass is 10.2. The number of hydrogen-bond donors (Lipinski definition) is 1. The predicted molar refractivity (Wildman–Crippen MR) is 77.6 cm³/mol. The summed E-state index contributed by atoms with van der Waals surface area (Å²) in [7, 11) is 0. The summed E-state index contributed by atoms with van der Waals surface area (Å²) in [5, 5.41) is 15.9. The Kier molecular flexibility index (Phi) is 2.87. The third-order valence-corrected chi connectivity index (χ3v) is 3.26. The molecule has 3 rings (SSSR count). The fraction of sp³-hybridized carbons (Fsp3) is 0. The van der Waals surface area contributed by atoms with Crippen molar-refractivity contribution < 1.29 is 4.92 Å². The highest BCUT2D eigenvalue weighted by Gasteiger charge is 2.19. The number of nitrogen functional groups attached to an aromatic ring is 1. The molecule has 2 aromatic heterocycles. The molecule has 0 fully saturated rings. The Morgan fingerprint density at radius 2 is 2.10 bits per heavy atom. The van der Waals surface area contributed by atoms with Gasteiger partial charge in [0, 0.05) is 16.7 Å². The molecule has 1 aromatic carbocycles. The fourth-order valence-corrected chi connectivity index (χ4v) is 2.30. The fourth-order valence-electron chi connectivity index (χ4n) is 1.96. The summed E-state index contributed by atoms with van der Waals surface area (Å²) >= 11 is 3.31. The number of aromatic nitrogens is 3. The van der Waals surface area contributed by atoms with Crippen molar-refractivity contribution in [2.75, 3.05) is 5.73 Å². The first kappa shape index (κ1) is 12.5. The molecule has 8 heteroatoms. The summed E-state index contributed by atoms with van der Waals surface area (Å²) in [4.78, 5) is 14.9. The van der Waals surface area contributed by atoms with E-state index in [1.54, 1.807) is 30.5 Å². The second kappa shape index (κ2) is 4.57. The second-order valence-corrected chi connectivity index (χ2v) is 4.98. The Bertz CT molecular complexity index is 830. The monoisotopic (exact) mass is 333 g/mol. The first-order valence-electron chi connectivity index (χ1n) is 5.61. The van der Waals surface area contributed by atoms with Gasteiger partial charge in [-0.3, -0.25) is 10.1 Å². The van der Waals surface area contributed by atoms with Gasteiger partial charge in [-0.1, -0.05) is 12.1 Å². The molecule has 3 aromatic rings. The van der Waals surface area contributed by atoms with Crippen LogP contribution in [0.2, 0.25) is 0 Å². The van der Waals surface area contributed by atoms with E-state index in [-0.39, 0.29) is 11.5 Å². The van der Waals surface area contributed by atoms with Crippen LogP contribution in [-0.4, -0.2) is 19.7 Å². The van der Waals surface area contributed by atoms with Gasteiger partial charge in [0.1, 0.15) is 5.69 Å². The number of nitro benzene ring substituents is 1. The van der Waals surface area contributed by atoms with E-state index in [0.29, 0.717) is 16.7 Å². The molecule has 0 saturated carbocycles. The molecule has 100 valence electrons. The minimum absolute atomic E-state index is 0.0541. The Morgan fingerprint density at radius 3 is 2.85 bits per heavy atom. The summed E-state index contributed by atoms with van der Waals surface area (Å²) in [6.07, 6.45) is 1.59. The standard InChI is InChI=1S/C12H8BrN5O2/c13-7-5-8-11(14)16-17(12(8)15-6-7)9-3-1-2-4-10(9)18(19)20/h1-6H,(H2,14,16). The smallest absolute Gasteiger partial charge is 0.294 e. The van der Waals surface area contributed by atoms with Crippen LogP contribution in [0.25, 0.3) is 16.7 Å². The van der Waals surface area contributed by atoms with Crippen LogP contribution in [0, 0.1) is 10.1 Å². The van der Waals surface area contributed by atoms with Gasteiger partial charge in [0.25, 0.3) is 5.69 Å².